The zero-order valence-corrected chi connectivity index (χ0v) is 10.8. The summed E-state index contributed by atoms with van der Waals surface area (Å²) in [5.41, 5.74) is 0.787. The molecule has 0 bridgehead atoms. The summed E-state index contributed by atoms with van der Waals surface area (Å²) in [4.78, 5) is 16.2. The summed E-state index contributed by atoms with van der Waals surface area (Å²) in [5, 5.41) is 18.6. The molecule has 0 aromatic rings. The fourth-order valence-electron chi connectivity index (χ4n) is 2.10. The number of hydrogen-bond acceptors (Lipinski definition) is 4. The first-order valence-corrected chi connectivity index (χ1v) is 5.95. The van der Waals surface area contributed by atoms with Crippen molar-refractivity contribution in [2.24, 2.45) is 10.4 Å². The average molecular weight is 239 g/mol. The van der Waals surface area contributed by atoms with Crippen LogP contribution in [0.2, 0.25) is 0 Å². The third kappa shape index (κ3) is 3.66. The second-order valence-corrected chi connectivity index (χ2v) is 5.31. The van der Waals surface area contributed by atoms with Crippen LogP contribution in [0.3, 0.4) is 0 Å². The zero-order valence-electron chi connectivity index (χ0n) is 10.8. The van der Waals surface area contributed by atoms with Crippen LogP contribution >= 0.6 is 0 Å². The predicted molar refractivity (Wildman–Crippen MR) is 67.4 cm³/mol. The SMILES string of the molecule is CC(=NCCCO)C1=C(O)CC(C)(C)CC1=O. The Hall–Kier alpha value is -1.16. The molecule has 0 aromatic heterocycles. The number of aliphatic hydroxyl groups excluding tert-OH is 2. The highest BCUT2D eigenvalue weighted by atomic mass is 16.3. The molecule has 1 aliphatic carbocycles. The van der Waals surface area contributed by atoms with E-state index in [1.165, 1.54) is 0 Å². The molecule has 0 aliphatic heterocycles. The van der Waals surface area contributed by atoms with E-state index in [9.17, 15) is 9.90 Å². The molecular weight excluding hydrogens is 218 g/mol. The Balaban J connectivity index is 2.89. The van der Waals surface area contributed by atoms with Gasteiger partial charge < -0.3 is 10.2 Å². The average Bonchev–Trinajstić information content (AvgIpc) is 2.14. The van der Waals surface area contributed by atoms with Gasteiger partial charge in [-0.15, -0.1) is 0 Å². The monoisotopic (exact) mass is 239 g/mol. The van der Waals surface area contributed by atoms with E-state index >= 15 is 0 Å². The van der Waals surface area contributed by atoms with Gasteiger partial charge in [-0.05, 0) is 18.8 Å². The van der Waals surface area contributed by atoms with Crippen LogP contribution in [0, 0.1) is 5.41 Å². The van der Waals surface area contributed by atoms with Crippen molar-refractivity contribution in [1.82, 2.24) is 0 Å². The van der Waals surface area contributed by atoms with E-state index in [4.69, 9.17) is 5.11 Å². The predicted octanol–water partition coefficient (Wildman–Crippen LogP) is 2.03. The molecular formula is C13H21NO3. The number of Topliss-reactive ketones (excluding diaryl/α,β-unsaturated/α-hetero) is 1. The minimum Gasteiger partial charge on any atom is -0.511 e. The molecule has 0 saturated heterocycles. The maximum atomic E-state index is 11.9. The highest BCUT2D eigenvalue weighted by Crippen LogP contribution is 2.36. The number of allylic oxidation sites excluding steroid dienone is 2. The lowest BCUT2D eigenvalue weighted by atomic mass is 9.76. The van der Waals surface area contributed by atoms with Crippen LogP contribution in [0.15, 0.2) is 16.3 Å². The minimum atomic E-state index is -0.171. The first-order chi connectivity index (χ1) is 7.87. The topological polar surface area (TPSA) is 69.9 Å². The minimum absolute atomic E-state index is 0.0380. The van der Waals surface area contributed by atoms with Gasteiger partial charge in [0, 0.05) is 31.7 Å². The van der Waals surface area contributed by atoms with Gasteiger partial charge in [0.15, 0.2) is 5.78 Å². The molecule has 0 spiro atoms. The van der Waals surface area contributed by atoms with Crippen LogP contribution in [-0.2, 0) is 4.79 Å². The molecule has 96 valence electrons. The lowest BCUT2D eigenvalue weighted by Gasteiger charge is -2.29. The molecule has 4 nitrogen and oxygen atoms in total. The van der Waals surface area contributed by atoms with Crippen molar-refractivity contribution < 1.29 is 15.0 Å². The van der Waals surface area contributed by atoms with E-state index in [-0.39, 0.29) is 23.6 Å². The molecule has 17 heavy (non-hydrogen) atoms. The van der Waals surface area contributed by atoms with Crippen LogP contribution in [0.5, 0.6) is 0 Å². The van der Waals surface area contributed by atoms with Crippen LogP contribution < -0.4 is 0 Å². The number of ketones is 1. The normalized spacial score (nSPS) is 20.9. The molecule has 0 aromatic carbocycles. The molecule has 2 N–H and O–H groups in total. The number of aliphatic hydroxyl groups is 2. The maximum absolute atomic E-state index is 11.9. The molecule has 0 fully saturated rings. The van der Waals surface area contributed by atoms with Crippen LogP contribution in [0.1, 0.15) is 40.0 Å². The lowest BCUT2D eigenvalue weighted by Crippen LogP contribution is -2.28. The molecule has 0 radical (unpaired) electrons. The Bertz CT molecular complexity index is 367. The van der Waals surface area contributed by atoms with Gasteiger partial charge in [0.1, 0.15) is 5.76 Å². The van der Waals surface area contributed by atoms with E-state index in [1.54, 1.807) is 6.92 Å². The van der Waals surface area contributed by atoms with Crippen molar-refractivity contribution in [2.75, 3.05) is 13.2 Å². The van der Waals surface area contributed by atoms with E-state index < -0.39 is 0 Å². The summed E-state index contributed by atoms with van der Waals surface area (Å²) in [6, 6.07) is 0. The van der Waals surface area contributed by atoms with Crippen LogP contribution in [0.25, 0.3) is 0 Å². The Morgan fingerprint density at radius 3 is 2.59 bits per heavy atom. The fraction of sp³-hybridized carbons (Fsp3) is 0.692. The van der Waals surface area contributed by atoms with Crippen molar-refractivity contribution in [3.8, 4) is 0 Å². The molecule has 0 atom stereocenters. The van der Waals surface area contributed by atoms with Gasteiger partial charge in [0.2, 0.25) is 0 Å². The van der Waals surface area contributed by atoms with Gasteiger partial charge in [0.25, 0.3) is 0 Å². The van der Waals surface area contributed by atoms with Crippen LogP contribution in [0.4, 0.5) is 0 Å². The van der Waals surface area contributed by atoms with Gasteiger partial charge in [-0.3, -0.25) is 9.79 Å². The number of carbonyl (C=O) groups excluding carboxylic acids is 1. The number of aliphatic imine (C=N–C) groups is 1. The first kappa shape index (κ1) is 13.9. The molecule has 1 aliphatic rings. The van der Waals surface area contributed by atoms with Crippen molar-refractivity contribution in [3.05, 3.63) is 11.3 Å². The van der Waals surface area contributed by atoms with Crippen molar-refractivity contribution in [2.45, 2.75) is 40.0 Å². The zero-order chi connectivity index (χ0) is 13.1. The summed E-state index contributed by atoms with van der Waals surface area (Å²) in [6.45, 7) is 6.24. The Labute approximate surface area is 102 Å². The molecule has 0 saturated carbocycles. The van der Waals surface area contributed by atoms with Gasteiger partial charge >= 0.3 is 0 Å². The van der Waals surface area contributed by atoms with Gasteiger partial charge in [-0.1, -0.05) is 13.8 Å². The van der Waals surface area contributed by atoms with Gasteiger partial charge in [-0.2, -0.15) is 0 Å². The highest BCUT2D eigenvalue weighted by Gasteiger charge is 2.33. The van der Waals surface area contributed by atoms with Gasteiger partial charge in [0.05, 0.1) is 5.57 Å². The largest absolute Gasteiger partial charge is 0.511 e. The summed E-state index contributed by atoms with van der Waals surface area (Å²) in [6.07, 6.45) is 1.53. The van der Waals surface area contributed by atoms with Crippen LogP contribution in [-0.4, -0.2) is 34.9 Å². The second kappa shape index (κ2) is 5.45. The summed E-state index contributed by atoms with van der Waals surface area (Å²) >= 11 is 0. The number of carbonyl (C=O) groups is 1. The standard InChI is InChI=1S/C13H21NO3/c1-9(14-5-4-6-15)12-10(16)7-13(2,3)8-11(12)17/h15-16H,4-8H2,1-3H3. The molecule has 1 rings (SSSR count). The number of nitrogens with zero attached hydrogens (tertiary/aromatic N) is 1. The highest BCUT2D eigenvalue weighted by molar-refractivity contribution is 6.22. The number of hydrogen-bond donors (Lipinski definition) is 2. The molecule has 0 unspecified atom stereocenters. The first-order valence-electron chi connectivity index (χ1n) is 5.95. The third-order valence-electron chi connectivity index (χ3n) is 2.88. The van der Waals surface area contributed by atoms with E-state index in [2.05, 4.69) is 4.99 Å². The Morgan fingerprint density at radius 2 is 2.06 bits per heavy atom. The second-order valence-electron chi connectivity index (χ2n) is 5.31. The fourth-order valence-corrected chi connectivity index (χ4v) is 2.10. The van der Waals surface area contributed by atoms with Crippen molar-refractivity contribution in [3.63, 3.8) is 0 Å². The smallest absolute Gasteiger partial charge is 0.168 e. The maximum Gasteiger partial charge on any atom is 0.168 e. The molecule has 0 heterocycles. The summed E-state index contributed by atoms with van der Waals surface area (Å²) < 4.78 is 0. The number of rotatable bonds is 4. The third-order valence-corrected chi connectivity index (χ3v) is 2.88. The van der Waals surface area contributed by atoms with E-state index in [0.29, 0.717) is 37.1 Å². The molecule has 4 heteroatoms. The summed E-state index contributed by atoms with van der Waals surface area (Å²) in [7, 11) is 0. The van der Waals surface area contributed by atoms with Gasteiger partial charge in [-0.25, -0.2) is 0 Å². The summed E-state index contributed by atoms with van der Waals surface area (Å²) in [5.74, 6) is 0.112. The Morgan fingerprint density at radius 1 is 1.41 bits per heavy atom. The lowest BCUT2D eigenvalue weighted by molar-refractivity contribution is -0.117. The Kier molecular flexibility index (Phi) is 4.46. The van der Waals surface area contributed by atoms with Crippen molar-refractivity contribution >= 4 is 11.5 Å². The molecule has 0 amide bonds. The van der Waals surface area contributed by atoms with E-state index in [0.717, 1.165) is 0 Å². The van der Waals surface area contributed by atoms with Crippen molar-refractivity contribution in [1.29, 1.82) is 0 Å². The van der Waals surface area contributed by atoms with E-state index in [1.807, 2.05) is 13.8 Å². The quantitative estimate of drug-likeness (QED) is 0.582.